The van der Waals surface area contributed by atoms with Crippen LogP contribution in [0, 0.1) is 5.92 Å². The smallest absolute Gasteiger partial charge is 0.410 e. The zero-order chi connectivity index (χ0) is 16.6. The van der Waals surface area contributed by atoms with E-state index < -0.39 is 5.60 Å². The van der Waals surface area contributed by atoms with Gasteiger partial charge in [-0.3, -0.25) is 4.99 Å². The molecule has 1 fully saturated rings. The Labute approximate surface area is 134 Å². The zero-order valence-corrected chi connectivity index (χ0v) is 14.6. The van der Waals surface area contributed by atoms with Gasteiger partial charge in [0.2, 0.25) is 5.96 Å². The van der Waals surface area contributed by atoms with Gasteiger partial charge < -0.3 is 15.0 Å². The van der Waals surface area contributed by atoms with Crippen molar-refractivity contribution in [3.8, 4) is 0 Å². The maximum absolute atomic E-state index is 12.0. The van der Waals surface area contributed by atoms with Crippen LogP contribution in [-0.2, 0) is 4.74 Å². The maximum Gasteiger partial charge on any atom is 0.410 e. The summed E-state index contributed by atoms with van der Waals surface area (Å²) in [6, 6.07) is 0. The van der Waals surface area contributed by atoms with Gasteiger partial charge in [-0.15, -0.1) is 0 Å². The summed E-state index contributed by atoms with van der Waals surface area (Å²) >= 11 is 0. The number of nitrogens with zero attached hydrogens (tertiary/aromatic N) is 3. The molecule has 1 amide bonds. The van der Waals surface area contributed by atoms with Crippen molar-refractivity contribution in [3.05, 3.63) is 0 Å². The summed E-state index contributed by atoms with van der Waals surface area (Å²) in [5.74, 6) is 1.21. The number of piperidine rings is 1. The Hall–Kier alpha value is -1.59. The highest BCUT2D eigenvalue weighted by atomic mass is 16.6. The lowest BCUT2D eigenvalue weighted by Gasteiger charge is -2.33. The number of amides is 1. The molecule has 0 spiro atoms. The summed E-state index contributed by atoms with van der Waals surface area (Å²) in [7, 11) is 1.74. The van der Waals surface area contributed by atoms with Crippen molar-refractivity contribution in [2.45, 2.75) is 52.6 Å². The molecule has 1 rings (SSSR count). The van der Waals surface area contributed by atoms with Crippen molar-refractivity contribution in [1.82, 2.24) is 10.2 Å². The molecule has 1 N–H and O–H groups in total. The molecule has 1 aliphatic heterocycles. The SMILES string of the molecule is CC/C=N\C(=NC)NCC1CCN(C(=O)OC(C)(C)C)CC1. The first-order valence-corrected chi connectivity index (χ1v) is 8.06. The monoisotopic (exact) mass is 310 g/mol. The van der Waals surface area contributed by atoms with Gasteiger partial charge in [0.25, 0.3) is 0 Å². The van der Waals surface area contributed by atoms with Crippen molar-refractivity contribution in [3.63, 3.8) is 0 Å². The summed E-state index contributed by atoms with van der Waals surface area (Å²) in [4.78, 5) is 22.2. The van der Waals surface area contributed by atoms with Crippen LogP contribution < -0.4 is 5.32 Å². The van der Waals surface area contributed by atoms with E-state index in [1.54, 1.807) is 11.9 Å². The Morgan fingerprint density at radius 1 is 1.36 bits per heavy atom. The molecule has 0 aromatic rings. The highest BCUT2D eigenvalue weighted by molar-refractivity contribution is 5.87. The largest absolute Gasteiger partial charge is 0.444 e. The van der Waals surface area contributed by atoms with Gasteiger partial charge >= 0.3 is 6.09 Å². The summed E-state index contributed by atoms with van der Waals surface area (Å²) in [6.07, 6.45) is 4.49. The quantitative estimate of drug-likeness (QED) is 0.644. The van der Waals surface area contributed by atoms with Crippen LogP contribution in [0.3, 0.4) is 0 Å². The number of rotatable bonds is 3. The third-order valence-electron chi connectivity index (χ3n) is 3.42. The van der Waals surface area contributed by atoms with Crippen LogP contribution in [0.2, 0.25) is 0 Å². The van der Waals surface area contributed by atoms with E-state index in [0.717, 1.165) is 38.9 Å². The molecule has 22 heavy (non-hydrogen) atoms. The highest BCUT2D eigenvalue weighted by Crippen LogP contribution is 2.19. The normalized spacial score (nSPS) is 17.9. The van der Waals surface area contributed by atoms with E-state index >= 15 is 0 Å². The first-order valence-electron chi connectivity index (χ1n) is 8.06. The van der Waals surface area contributed by atoms with E-state index in [4.69, 9.17) is 4.74 Å². The van der Waals surface area contributed by atoms with Crippen molar-refractivity contribution in [2.24, 2.45) is 15.9 Å². The lowest BCUT2D eigenvalue weighted by Crippen LogP contribution is -2.43. The van der Waals surface area contributed by atoms with Crippen molar-refractivity contribution < 1.29 is 9.53 Å². The Bertz CT molecular complexity index is 405. The molecule has 1 aliphatic rings. The zero-order valence-electron chi connectivity index (χ0n) is 14.6. The number of hydrogen-bond acceptors (Lipinski definition) is 3. The number of hydrogen-bond donors (Lipinski definition) is 1. The lowest BCUT2D eigenvalue weighted by atomic mass is 9.97. The van der Waals surface area contributed by atoms with Crippen LogP contribution >= 0.6 is 0 Å². The fourth-order valence-electron chi connectivity index (χ4n) is 2.24. The van der Waals surface area contributed by atoms with Crippen LogP contribution in [0.4, 0.5) is 4.79 Å². The summed E-state index contributed by atoms with van der Waals surface area (Å²) in [5.41, 5.74) is -0.431. The molecular formula is C16H30N4O2. The molecule has 0 atom stereocenters. The third kappa shape index (κ3) is 6.91. The van der Waals surface area contributed by atoms with Crippen molar-refractivity contribution in [1.29, 1.82) is 0 Å². The highest BCUT2D eigenvalue weighted by Gasteiger charge is 2.26. The minimum atomic E-state index is -0.431. The molecule has 0 saturated carbocycles. The van der Waals surface area contributed by atoms with Crippen molar-refractivity contribution in [2.75, 3.05) is 26.7 Å². The van der Waals surface area contributed by atoms with Crippen LogP contribution in [0.5, 0.6) is 0 Å². The minimum absolute atomic E-state index is 0.206. The second-order valence-electron chi connectivity index (χ2n) is 6.56. The van der Waals surface area contributed by atoms with E-state index in [-0.39, 0.29) is 6.09 Å². The van der Waals surface area contributed by atoms with Gasteiger partial charge in [0.05, 0.1) is 0 Å². The molecule has 6 heteroatoms. The molecular weight excluding hydrogens is 280 g/mol. The number of carbonyl (C=O) groups is 1. The van der Waals surface area contributed by atoms with Crippen LogP contribution in [0.1, 0.15) is 47.0 Å². The van der Waals surface area contributed by atoms with Gasteiger partial charge in [-0.2, -0.15) is 0 Å². The Morgan fingerprint density at radius 3 is 2.50 bits per heavy atom. The number of carbonyl (C=O) groups excluding carboxylic acids is 1. The Balaban J connectivity index is 2.33. The minimum Gasteiger partial charge on any atom is -0.444 e. The molecule has 0 aromatic carbocycles. The standard InChI is InChI=1S/C16H30N4O2/c1-6-9-18-14(17-5)19-12-13-7-10-20(11-8-13)15(21)22-16(2,3)4/h9,13H,6-8,10-12H2,1-5H3,(H,17,19)/b18-9-. The Morgan fingerprint density at radius 2 is 2.00 bits per heavy atom. The average molecular weight is 310 g/mol. The molecule has 1 heterocycles. The molecule has 126 valence electrons. The first-order chi connectivity index (χ1) is 10.4. The average Bonchev–Trinajstić information content (AvgIpc) is 2.46. The molecule has 1 saturated heterocycles. The number of nitrogens with one attached hydrogen (secondary N) is 1. The molecule has 0 radical (unpaired) electrons. The van der Waals surface area contributed by atoms with Gasteiger partial charge in [-0.1, -0.05) is 6.92 Å². The van der Waals surface area contributed by atoms with Gasteiger partial charge in [-0.05, 0) is 46.0 Å². The maximum atomic E-state index is 12.0. The van der Waals surface area contributed by atoms with Gasteiger partial charge in [-0.25, -0.2) is 9.79 Å². The molecule has 0 unspecified atom stereocenters. The summed E-state index contributed by atoms with van der Waals surface area (Å²) in [5, 5.41) is 3.27. The van der Waals surface area contributed by atoms with Gasteiger partial charge in [0, 0.05) is 32.9 Å². The third-order valence-corrected chi connectivity index (χ3v) is 3.42. The fourth-order valence-corrected chi connectivity index (χ4v) is 2.24. The number of likely N-dealkylation sites (tertiary alicyclic amines) is 1. The molecule has 0 aromatic heterocycles. The van der Waals surface area contributed by atoms with E-state index in [1.807, 2.05) is 33.9 Å². The molecule has 6 nitrogen and oxygen atoms in total. The summed E-state index contributed by atoms with van der Waals surface area (Å²) < 4.78 is 5.41. The number of guanidine groups is 1. The van der Waals surface area contributed by atoms with E-state index in [0.29, 0.717) is 11.9 Å². The first kappa shape index (κ1) is 18.5. The lowest BCUT2D eigenvalue weighted by molar-refractivity contribution is 0.0185. The second-order valence-corrected chi connectivity index (χ2v) is 6.56. The van der Waals surface area contributed by atoms with E-state index in [2.05, 4.69) is 15.3 Å². The van der Waals surface area contributed by atoms with Crippen LogP contribution in [0.25, 0.3) is 0 Å². The summed E-state index contributed by atoms with van der Waals surface area (Å²) in [6.45, 7) is 10.1. The van der Waals surface area contributed by atoms with Crippen LogP contribution in [-0.4, -0.2) is 55.5 Å². The van der Waals surface area contributed by atoms with Crippen molar-refractivity contribution >= 4 is 18.3 Å². The van der Waals surface area contributed by atoms with Gasteiger partial charge in [0.15, 0.2) is 0 Å². The second kappa shape index (κ2) is 8.76. The number of aliphatic imine (C=N–C) groups is 2. The van der Waals surface area contributed by atoms with Gasteiger partial charge in [0.1, 0.15) is 5.60 Å². The van der Waals surface area contributed by atoms with E-state index in [1.165, 1.54) is 0 Å². The predicted octanol–water partition coefficient (Wildman–Crippen LogP) is 2.69. The number of ether oxygens (including phenoxy) is 1. The predicted molar refractivity (Wildman–Crippen MR) is 90.7 cm³/mol. The molecule has 0 bridgehead atoms. The molecule has 0 aliphatic carbocycles. The fraction of sp³-hybridized carbons (Fsp3) is 0.812. The van der Waals surface area contributed by atoms with Crippen LogP contribution in [0.15, 0.2) is 9.98 Å². The topological polar surface area (TPSA) is 66.3 Å². The van der Waals surface area contributed by atoms with E-state index in [9.17, 15) is 4.79 Å². The Kier molecular flexibility index (Phi) is 7.35.